The number of sulfonamides is 1. The van der Waals surface area contributed by atoms with Crippen LogP contribution < -0.4 is 14.4 Å². The highest BCUT2D eigenvalue weighted by Gasteiger charge is 2.23. The van der Waals surface area contributed by atoms with Crippen molar-refractivity contribution in [3.63, 3.8) is 0 Å². The minimum Gasteiger partial charge on any atom is -0.495 e. The lowest BCUT2D eigenvalue weighted by Gasteiger charge is -2.16. The Morgan fingerprint density at radius 3 is 2.44 bits per heavy atom. The van der Waals surface area contributed by atoms with Crippen molar-refractivity contribution in [2.45, 2.75) is 17.7 Å². The molecule has 0 atom stereocenters. The van der Waals surface area contributed by atoms with Crippen molar-refractivity contribution in [2.24, 2.45) is 0 Å². The largest absolute Gasteiger partial charge is 0.495 e. The number of amides is 1. The van der Waals surface area contributed by atoms with Gasteiger partial charge in [-0.15, -0.1) is 0 Å². The molecule has 2 aromatic carbocycles. The molecule has 0 spiro atoms. The average molecular weight is 391 g/mol. The summed E-state index contributed by atoms with van der Waals surface area (Å²) < 4.78 is 32.6. The normalized spacial score (nSPS) is 14.3. The zero-order valence-corrected chi connectivity index (χ0v) is 15.2. The van der Waals surface area contributed by atoms with Crippen molar-refractivity contribution in [3.05, 3.63) is 52.6 Å². The van der Waals surface area contributed by atoms with Gasteiger partial charge in [-0.3, -0.25) is 19.6 Å². The second kappa shape index (κ2) is 7.23. The molecule has 0 radical (unpaired) electrons. The van der Waals surface area contributed by atoms with Crippen LogP contribution in [0.5, 0.6) is 5.75 Å². The molecule has 27 heavy (non-hydrogen) atoms. The lowest BCUT2D eigenvalue weighted by Crippen LogP contribution is -2.23. The van der Waals surface area contributed by atoms with Crippen LogP contribution in [-0.4, -0.2) is 32.9 Å². The van der Waals surface area contributed by atoms with Gasteiger partial charge < -0.3 is 9.64 Å². The minimum absolute atomic E-state index is 0.00469. The predicted molar refractivity (Wildman–Crippen MR) is 98.5 cm³/mol. The van der Waals surface area contributed by atoms with Crippen LogP contribution in [0, 0.1) is 10.1 Å². The average Bonchev–Trinajstić information content (AvgIpc) is 3.07. The number of nitrogens with zero attached hydrogens (tertiary/aromatic N) is 2. The molecule has 1 aliphatic heterocycles. The summed E-state index contributed by atoms with van der Waals surface area (Å²) in [6.45, 7) is 0.605. The number of nitrogens with one attached hydrogen (secondary N) is 1. The van der Waals surface area contributed by atoms with E-state index in [9.17, 15) is 23.3 Å². The Labute approximate surface area is 155 Å². The van der Waals surface area contributed by atoms with E-state index in [-0.39, 0.29) is 27.9 Å². The lowest BCUT2D eigenvalue weighted by atomic mass is 10.2. The van der Waals surface area contributed by atoms with Crippen molar-refractivity contribution in [3.8, 4) is 5.75 Å². The molecular formula is C17H17N3O6S. The highest BCUT2D eigenvalue weighted by atomic mass is 32.2. The first-order valence-corrected chi connectivity index (χ1v) is 9.56. The fraction of sp³-hybridized carbons (Fsp3) is 0.235. The topological polar surface area (TPSA) is 119 Å². The molecule has 1 N–H and O–H groups in total. The van der Waals surface area contributed by atoms with E-state index in [1.807, 2.05) is 0 Å². The quantitative estimate of drug-likeness (QED) is 0.597. The Hall–Kier alpha value is -3.14. The number of rotatable bonds is 6. The lowest BCUT2D eigenvalue weighted by molar-refractivity contribution is -0.384. The number of carbonyl (C=O) groups excluding carboxylic acids is 1. The zero-order valence-electron chi connectivity index (χ0n) is 14.4. The minimum atomic E-state index is -4.00. The zero-order chi connectivity index (χ0) is 19.6. The van der Waals surface area contributed by atoms with Crippen LogP contribution in [0.4, 0.5) is 17.1 Å². The number of methoxy groups -OCH3 is 1. The van der Waals surface area contributed by atoms with Crippen molar-refractivity contribution in [1.29, 1.82) is 0 Å². The SMILES string of the molecule is COc1ccc([N+](=O)[O-])cc1NS(=O)(=O)c1ccc(N2CCCC2=O)cc1. The molecule has 9 nitrogen and oxygen atoms in total. The van der Waals surface area contributed by atoms with Crippen LogP contribution >= 0.6 is 0 Å². The van der Waals surface area contributed by atoms with Gasteiger partial charge in [-0.05, 0) is 36.8 Å². The summed E-state index contributed by atoms with van der Waals surface area (Å²) in [4.78, 5) is 23.7. The first-order valence-electron chi connectivity index (χ1n) is 8.07. The molecule has 0 aliphatic carbocycles. The van der Waals surface area contributed by atoms with Gasteiger partial charge in [0.25, 0.3) is 15.7 Å². The maximum Gasteiger partial charge on any atom is 0.271 e. The first-order chi connectivity index (χ1) is 12.8. The monoisotopic (exact) mass is 391 g/mol. The summed E-state index contributed by atoms with van der Waals surface area (Å²) >= 11 is 0. The molecule has 1 aliphatic rings. The molecule has 0 bridgehead atoms. The molecule has 1 fully saturated rings. The standard InChI is InChI=1S/C17H17N3O6S/c1-26-16-9-6-13(20(22)23)11-15(16)18-27(24,25)14-7-4-12(5-8-14)19-10-2-3-17(19)21/h4-9,11,18H,2-3,10H2,1H3. The van der Waals surface area contributed by atoms with E-state index >= 15 is 0 Å². The van der Waals surface area contributed by atoms with Crippen LogP contribution in [0.3, 0.4) is 0 Å². The number of anilines is 2. The van der Waals surface area contributed by atoms with Crippen LogP contribution in [0.15, 0.2) is 47.4 Å². The number of benzene rings is 2. The van der Waals surface area contributed by atoms with Gasteiger partial charge in [0.2, 0.25) is 5.91 Å². The first kappa shape index (κ1) is 18.6. The van der Waals surface area contributed by atoms with Crippen LogP contribution in [0.2, 0.25) is 0 Å². The van der Waals surface area contributed by atoms with E-state index in [1.54, 1.807) is 17.0 Å². The molecule has 0 saturated carbocycles. The summed E-state index contributed by atoms with van der Waals surface area (Å²) in [6.07, 6.45) is 1.25. The van der Waals surface area contributed by atoms with Crippen LogP contribution in [0.1, 0.15) is 12.8 Å². The fourth-order valence-electron chi connectivity index (χ4n) is 2.82. The smallest absolute Gasteiger partial charge is 0.271 e. The molecule has 0 unspecified atom stereocenters. The molecule has 10 heteroatoms. The predicted octanol–water partition coefficient (Wildman–Crippen LogP) is 2.53. The van der Waals surface area contributed by atoms with Gasteiger partial charge in [-0.1, -0.05) is 0 Å². The van der Waals surface area contributed by atoms with Crippen molar-refractivity contribution >= 4 is 33.0 Å². The Bertz CT molecular complexity index is 988. The highest BCUT2D eigenvalue weighted by molar-refractivity contribution is 7.92. The number of nitro groups is 1. The maximum atomic E-state index is 12.6. The molecule has 142 valence electrons. The van der Waals surface area contributed by atoms with E-state index < -0.39 is 14.9 Å². The Morgan fingerprint density at radius 1 is 1.19 bits per heavy atom. The highest BCUT2D eigenvalue weighted by Crippen LogP contribution is 2.31. The van der Waals surface area contributed by atoms with Crippen molar-refractivity contribution in [2.75, 3.05) is 23.3 Å². The number of nitro benzene ring substituents is 1. The molecule has 1 saturated heterocycles. The summed E-state index contributed by atoms with van der Waals surface area (Å²) in [5.41, 5.74) is 0.325. The summed E-state index contributed by atoms with van der Waals surface area (Å²) in [5, 5.41) is 10.9. The second-order valence-electron chi connectivity index (χ2n) is 5.89. The number of carbonyl (C=O) groups is 1. The maximum absolute atomic E-state index is 12.6. The number of ether oxygens (including phenoxy) is 1. The third-order valence-corrected chi connectivity index (χ3v) is 5.55. The number of hydrogen-bond donors (Lipinski definition) is 1. The Balaban J connectivity index is 1.88. The Kier molecular flexibility index (Phi) is 5.00. The summed E-state index contributed by atoms with van der Waals surface area (Å²) in [5.74, 6) is 0.161. The number of hydrogen-bond acceptors (Lipinski definition) is 6. The van der Waals surface area contributed by atoms with E-state index in [0.29, 0.717) is 18.7 Å². The summed E-state index contributed by atoms with van der Waals surface area (Å²) in [7, 11) is -2.66. The van der Waals surface area contributed by atoms with Gasteiger partial charge in [-0.25, -0.2) is 8.42 Å². The van der Waals surface area contributed by atoms with Gasteiger partial charge in [-0.2, -0.15) is 0 Å². The molecule has 1 heterocycles. The van der Waals surface area contributed by atoms with Gasteiger partial charge in [0.1, 0.15) is 5.75 Å². The van der Waals surface area contributed by atoms with E-state index in [2.05, 4.69) is 4.72 Å². The molecule has 2 aromatic rings. The van der Waals surface area contributed by atoms with Crippen LogP contribution in [0.25, 0.3) is 0 Å². The Morgan fingerprint density at radius 2 is 1.89 bits per heavy atom. The van der Waals surface area contributed by atoms with Crippen LogP contribution in [-0.2, 0) is 14.8 Å². The van der Waals surface area contributed by atoms with E-state index in [4.69, 9.17) is 4.74 Å². The molecular weight excluding hydrogens is 374 g/mol. The third kappa shape index (κ3) is 3.85. The van der Waals surface area contributed by atoms with E-state index in [0.717, 1.165) is 12.5 Å². The molecule has 3 rings (SSSR count). The van der Waals surface area contributed by atoms with Crippen molar-refractivity contribution in [1.82, 2.24) is 0 Å². The van der Waals surface area contributed by atoms with Gasteiger partial charge in [0.15, 0.2) is 0 Å². The van der Waals surface area contributed by atoms with Crippen molar-refractivity contribution < 1.29 is 22.9 Å². The second-order valence-corrected chi connectivity index (χ2v) is 7.57. The third-order valence-electron chi connectivity index (χ3n) is 4.17. The van der Waals surface area contributed by atoms with Gasteiger partial charge in [0.05, 0.1) is 22.6 Å². The summed E-state index contributed by atoms with van der Waals surface area (Å²) in [6, 6.07) is 9.51. The van der Waals surface area contributed by atoms with Gasteiger partial charge in [0, 0.05) is 30.8 Å². The molecule has 0 aromatic heterocycles. The number of non-ortho nitro benzene ring substituents is 1. The van der Waals surface area contributed by atoms with Gasteiger partial charge >= 0.3 is 0 Å². The fourth-order valence-corrected chi connectivity index (χ4v) is 3.88. The molecule has 1 amide bonds. The van der Waals surface area contributed by atoms with E-state index in [1.165, 1.54) is 31.4 Å².